The fourth-order valence-corrected chi connectivity index (χ4v) is 2.85. The molecule has 3 rings (SSSR count). The zero-order chi connectivity index (χ0) is 13.9. The first-order valence-electron chi connectivity index (χ1n) is 7.32. The summed E-state index contributed by atoms with van der Waals surface area (Å²) in [5, 5.41) is 0. The van der Waals surface area contributed by atoms with Gasteiger partial charge in [-0.2, -0.15) is 0 Å². The minimum Gasteiger partial charge on any atom is -0.492 e. The molecule has 0 spiro atoms. The summed E-state index contributed by atoms with van der Waals surface area (Å²) in [6.07, 6.45) is 2.17. The maximum absolute atomic E-state index is 5.83. The molecule has 0 aliphatic carbocycles. The minimum atomic E-state index is 0.473. The van der Waals surface area contributed by atoms with Crippen molar-refractivity contribution in [2.45, 2.75) is 26.4 Å². The van der Waals surface area contributed by atoms with Crippen molar-refractivity contribution in [1.29, 1.82) is 0 Å². The normalized spacial score (nSPS) is 18.8. The van der Waals surface area contributed by atoms with Crippen LogP contribution in [0.15, 0.2) is 42.6 Å². The molecule has 1 aliphatic rings. The zero-order valence-corrected chi connectivity index (χ0v) is 12.2. The van der Waals surface area contributed by atoms with Crippen molar-refractivity contribution >= 4 is 0 Å². The third kappa shape index (κ3) is 2.73. The Balaban J connectivity index is 1.53. The van der Waals surface area contributed by atoms with E-state index in [4.69, 9.17) is 4.74 Å². The molecular formula is C17H22N2O. The second kappa shape index (κ2) is 5.71. The lowest BCUT2D eigenvalue weighted by molar-refractivity contribution is 0.139. The predicted octanol–water partition coefficient (Wildman–Crippen LogP) is 3.25. The average Bonchev–Trinajstić information content (AvgIpc) is 2.93. The first-order valence-corrected chi connectivity index (χ1v) is 7.32. The lowest BCUT2D eigenvalue weighted by Gasteiger charge is -2.34. The minimum absolute atomic E-state index is 0.473. The Bertz CT molecular complexity index is 559. The van der Waals surface area contributed by atoms with Gasteiger partial charge in [-0.25, -0.2) is 0 Å². The highest BCUT2D eigenvalue weighted by molar-refractivity contribution is 5.26. The highest BCUT2D eigenvalue weighted by Crippen LogP contribution is 2.24. The molecule has 0 bridgehead atoms. The van der Waals surface area contributed by atoms with Gasteiger partial charge in [0, 0.05) is 37.6 Å². The van der Waals surface area contributed by atoms with E-state index >= 15 is 0 Å². The highest BCUT2D eigenvalue weighted by Gasteiger charge is 2.22. The fourth-order valence-electron chi connectivity index (χ4n) is 2.85. The summed E-state index contributed by atoms with van der Waals surface area (Å²) >= 11 is 0. The van der Waals surface area contributed by atoms with Crippen LogP contribution in [0, 0.1) is 6.92 Å². The molecule has 0 saturated heterocycles. The average molecular weight is 270 g/mol. The molecule has 2 aromatic rings. The first kappa shape index (κ1) is 13.3. The Morgan fingerprint density at radius 3 is 2.75 bits per heavy atom. The van der Waals surface area contributed by atoms with Gasteiger partial charge in [-0.15, -0.1) is 0 Å². The van der Waals surface area contributed by atoms with E-state index in [2.05, 4.69) is 53.8 Å². The van der Waals surface area contributed by atoms with Gasteiger partial charge in [0.2, 0.25) is 0 Å². The number of aromatic nitrogens is 1. The van der Waals surface area contributed by atoms with Crippen molar-refractivity contribution in [1.82, 2.24) is 9.47 Å². The quantitative estimate of drug-likeness (QED) is 0.848. The molecule has 106 valence electrons. The van der Waals surface area contributed by atoms with Crippen LogP contribution < -0.4 is 4.74 Å². The molecule has 0 N–H and O–H groups in total. The van der Waals surface area contributed by atoms with E-state index < -0.39 is 0 Å². The summed E-state index contributed by atoms with van der Waals surface area (Å²) in [5.74, 6) is 0.962. The molecule has 0 saturated carbocycles. The number of fused-ring (bicyclic) bond motifs is 1. The molecule has 1 aromatic carbocycles. The third-order valence-electron chi connectivity index (χ3n) is 4.14. The standard InChI is InChI=1S/C17H22N2O/c1-14-5-7-16(8-6-14)20-13-12-18-10-11-19-9-3-4-17(19)15(18)2/h3-9,15H,10-13H2,1-2H3. The van der Waals surface area contributed by atoms with Gasteiger partial charge in [-0.1, -0.05) is 17.7 Å². The second-order valence-electron chi connectivity index (χ2n) is 5.50. The molecule has 1 atom stereocenters. The number of hydrogen-bond donors (Lipinski definition) is 0. The largest absolute Gasteiger partial charge is 0.492 e. The molecule has 20 heavy (non-hydrogen) atoms. The maximum atomic E-state index is 5.83. The molecule has 0 amide bonds. The molecule has 1 unspecified atom stereocenters. The lowest BCUT2D eigenvalue weighted by Crippen LogP contribution is -2.38. The van der Waals surface area contributed by atoms with E-state index in [0.29, 0.717) is 6.04 Å². The second-order valence-corrected chi connectivity index (χ2v) is 5.50. The Hall–Kier alpha value is -1.74. The zero-order valence-electron chi connectivity index (χ0n) is 12.2. The summed E-state index contributed by atoms with van der Waals surface area (Å²) in [6.45, 7) is 8.26. The van der Waals surface area contributed by atoms with E-state index in [1.807, 2.05) is 12.1 Å². The third-order valence-corrected chi connectivity index (χ3v) is 4.14. The van der Waals surface area contributed by atoms with Gasteiger partial charge < -0.3 is 9.30 Å². The van der Waals surface area contributed by atoms with Crippen LogP contribution in [0.2, 0.25) is 0 Å². The van der Waals surface area contributed by atoms with Crippen LogP contribution in [0.4, 0.5) is 0 Å². The van der Waals surface area contributed by atoms with Crippen LogP contribution in [0.3, 0.4) is 0 Å². The van der Waals surface area contributed by atoms with E-state index in [1.165, 1.54) is 11.3 Å². The van der Waals surface area contributed by atoms with Crippen LogP contribution in [-0.2, 0) is 6.54 Å². The molecule has 1 aromatic heterocycles. The SMILES string of the molecule is Cc1ccc(OCCN2CCn3cccc3C2C)cc1. The predicted molar refractivity (Wildman–Crippen MR) is 81.1 cm³/mol. The number of benzene rings is 1. The molecule has 3 heteroatoms. The van der Waals surface area contributed by atoms with Crippen LogP contribution in [0.1, 0.15) is 24.2 Å². The molecule has 2 heterocycles. The lowest BCUT2D eigenvalue weighted by atomic mass is 10.1. The van der Waals surface area contributed by atoms with Crippen LogP contribution in [0.25, 0.3) is 0 Å². The Morgan fingerprint density at radius 1 is 1.15 bits per heavy atom. The van der Waals surface area contributed by atoms with Gasteiger partial charge in [-0.3, -0.25) is 4.90 Å². The van der Waals surface area contributed by atoms with Crippen LogP contribution >= 0.6 is 0 Å². The van der Waals surface area contributed by atoms with Crippen molar-refractivity contribution in [3.63, 3.8) is 0 Å². The van der Waals surface area contributed by atoms with Gasteiger partial charge in [-0.05, 0) is 38.1 Å². The summed E-state index contributed by atoms with van der Waals surface area (Å²) in [5.41, 5.74) is 2.68. The molecule has 1 aliphatic heterocycles. The van der Waals surface area contributed by atoms with Crippen molar-refractivity contribution in [3.8, 4) is 5.75 Å². The topological polar surface area (TPSA) is 17.4 Å². The fraction of sp³-hybridized carbons (Fsp3) is 0.412. The first-order chi connectivity index (χ1) is 9.74. The van der Waals surface area contributed by atoms with Gasteiger partial charge in [0.05, 0.1) is 0 Å². The Labute approximate surface area is 120 Å². The summed E-state index contributed by atoms with van der Waals surface area (Å²) in [4.78, 5) is 2.49. The van der Waals surface area contributed by atoms with Crippen molar-refractivity contribution in [2.24, 2.45) is 0 Å². The summed E-state index contributed by atoms with van der Waals surface area (Å²) in [7, 11) is 0. The van der Waals surface area contributed by atoms with Crippen molar-refractivity contribution in [3.05, 3.63) is 53.9 Å². The molecule has 3 nitrogen and oxygen atoms in total. The number of ether oxygens (including phenoxy) is 1. The number of nitrogens with zero attached hydrogens (tertiary/aromatic N) is 2. The van der Waals surface area contributed by atoms with E-state index in [1.54, 1.807) is 0 Å². The van der Waals surface area contributed by atoms with Crippen LogP contribution in [0.5, 0.6) is 5.75 Å². The number of aryl methyl sites for hydroxylation is 1. The van der Waals surface area contributed by atoms with Gasteiger partial charge in [0.1, 0.15) is 12.4 Å². The van der Waals surface area contributed by atoms with E-state index in [9.17, 15) is 0 Å². The molecule has 0 fully saturated rings. The van der Waals surface area contributed by atoms with Gasteiger partial charge >= 0.3 is 0 Å². The van der Waals surface area contributed by atoms with Gasteiger partial charge in [0.25, 0.3) is 0 Å². The van der Waals surface area contributed by atoms with E-state index in [-0.39, 0.29) is 0 Å². The summed E-state index contributed by atoms with van der Waals surface area (Å²) < 4.78 is 8.18. The monoisotopic (exact) mass is 270 g/mol. The Kier molecular flexibility index (Phi) is 3.79. The number of rotatable bonds is 4. The maximum Gasteiger partial charge on any atom is 0.119 e. The highest BCUT2D eigenvalue weighted by atomic mass is 16.5. The van der Waals surface area contributed by atoms with Crippen molar-refractivity contribution in [2.75, 3.05) is 19.7 Å². The molecule has 0 radical (unpaired) electrons. The summed E-state index contributed by atoms with van der Waals surface area (Å²) in [6, 6.07) is 13.1. The smallest absolute Gasteiger partial charge is 0.119 e. The van der Waals surface area contributed by atoms with Crippen molar-refractivity contribution < 1.29 is 4.74 Å². The molecular weight excluding hydrogens is 248 g/mol. The van der Waals surface area contributed by atoms with Crippen LogP contribution in [-0.4, -0.2) is 29.2 Å². The van der Waals surface area contributed by atoms with Gasteiger partial charge in [0.15, 0.2) is 0 Å². The number of hydrogen-bond acceptors (Lipinski definition) is 2. The Morgan fingerprint density at radius 2 is 1.95 bits per heavy atom. The van der Waals surface area contributed by atoms with E-state index in [0.717, 1.165) is 32.0 Å².